The summed E-state index contributed by atoms with van der Waals surface area (Å²) in [5.74, 6) is -0.992. The molecule has 0 aromatic carbocycles. The molecule has 0 rings (SSSR count). The van der Waals surface area contributed by atoms with E-state index in [1.807, 2.05) is 6.92 Å². The van der Waals surface area contributed by atoms with Crippen molar-refractivity contribution in [3.63, 3.8) is 0 Å². The lowest BCUT2D eigenvalue weighted by atomic mass is 10.2. The van der Waals surface area contributed by atoms with Crippen LogP contribution >= 0.6 is 0 Å². The molecule has 0 bridgehead atoms. The van der Waals surface area contributed by atoms with Crippen LogP contribution in [0.2, 0.25) is 0 Å². The number of hydrogen-bond acceptors (Lipinski definition) is 4. The van der Waals surface area contributed by atoms with E-state index in [1.54, 1.807) is 7.11 Å². The van der Waals surface area contributed by atoms with Crippen molar-refractivity contribution >= 4 is 5.97 Å². The number of hydrogen-bond donors (Lipinski definition) is 3. The number of carboxylic acids is 1. The number of aliphatic carboxylic acids is 1. The average Bonchev–Trinajstić information content (AvgIpc) is 2.02. The molecule has 0 aliphatic heterocycles. The maximum atomic E-state index is 10.2. The Kier molecular flexibility index (Phi) is 6.48. The third kappa shape index (κ3) is 7.70. The van der Waals surface area contributed by atoms with Gasteiger partial charge in [-0.1, -0.05) is 0 Å². The van der Waals surface area contributed by atoms with E-state index in [2.05, 4.69) is 5.32 Å². The summed E-state index contributed by atoms with van der Waals surface area (Å²) < 4.78 is 4.95. The normalized spacial score (nSPS) is 15.3. The van der Waals surface area contributed by atoms with Crippen LogP contribution in [0.1, 0.15) is 13.3 Å². The second-order valence-corrected chi connectivity index (χ2v) is 2.96. The second-order valence-electron chi connectivity index (χ2n) is 2.96. The minimum atomic E-state index is -0.992. The molecule has 0 saturated carbocycles. The fourth-order valence-electron chi connectivity index (χ4n) is 0.810. The molecule has 0 aromatic heterocycles. The zero-order chi connectivity index (χ0) is 10.3. The number of carboxylic acid groups (broad SMARTS) is 1. The monoisotopic (exact) mass is 191 g/mol. The van der Waals surface area contributed by atoms with Gasteiger partial charge in [0.15, 0.2) is 0 Å². The first kappa shape index (κ1) is 12.3. The Morgan fingerprint density at radius 1 is 1.54 bits per heavy atom. The fourth-order valence-corrected chi connectivity index (χ4v) is 0.810. The van der Waals surface area contributed by atoms with E-state index in [1.165, 1.54) is 0 Å². The van der Waals surface area contributed by atoms with Gasteiger partial charge in [-0.15, -0.1) is 0 Å². The summed E-state index contributed by atoms with van der Waals surface area (Å²) in [5.41, 5.74) is 0. The molecule has 0 aromatic rings. The molecule has 0 saturated heterocycles. The second kappa shape index (κ2) is 6.82. The van der Waals surface area contributed by atoms with Crippen LogP contribution in [0, 0.1) is 0 Å². The predicted molar refractivity (Wildman–Crippen MR) is 47.6 cm³/mol. The van der Waals surface area contributed by atoms with E-state index in [-0.39, 0.29) is 19.1 Å². The zero-order valence-electron chi connectivity index (χ0n) is 7.99. The van der Waals surface area contributed by atoms with Gasteiger partial charge in [-0.3, -0.25) is 4.79 Å². The highest BCUT2D eigenvalue weighted by Crippen LogP contribution is 1.90. The number of ether oxygens (including phenoxy) is 1. The van der Waals surface area contributed by atoms with Crippen LogP contribution in [0.15, 0.2) is 0 Å². The van der Waals surface area contributed by atoms with Gasteiger partial charge in [-0.25, -0.2) is 0 Å². The third-order valence-electron chi connectivity index (χ3n) is 1.62. The van der Waals surface area contributed by atoms with Gasteiger partial charge < -0.3 is 20.3 Å². The minimum absolute atomic E-state index is 0.0667. The first-order valence-corrected chi connectivity index (χ1v) is 4.19. The summed E-state index contributed by atoms with van der Waals surface area (Å²) in [6.45, 7) is 2.77. The molecule has 13 heavy (non-hydrogen) atoms. The quantitative estimate of drug-likeness (QED) is 0.503. The number of methoxy groups -OCH3 is 1. The van der Waals surface area contributed by atoms with Gasteiger partial charge in [-0.2, -0.15) is 0 Å². The van der Waals surface area contributed by atoms with Gasteiger partial charge >= 0.3 is 5.97 Å². The van der Waals surface area contributed by atoms with Gasteiger partial charge in [0.1, 0.15) is 0 Å². The molecule has 78 valence electrons. The highest BCUT2D eigenvalue weighted by molar-refractivity contribution is 5.67. The van der Waals surface area contributed by atoms with Gasteiger partial charge in [-0.05, 0) is 6.92 Å². The lowest BCUT2D eigenvalue weighted by Gasteiger charge is -2.12. The van der Waals surface area contributed by atoms with Crippen LogP contribution in [-0.4, -0.2) is 48.6 Å². The number of aliphatic hydroxyl groups excluding tert-OH is 1. The molecule has 2 unspecified atom stereocenters. The summed E-state index contributed by atoms with van der Waals surface area (Å²) in [5, 5.41) is 20.4. The summed E-state index contributed by atoms with van der Waals surface area (Å²) >= 11 is 0. The molecule has 0 spiro atoms. The topological polar surface area (TPSA) is 78.8 Å². The summed E-state index contributed by atoms with van der Waals surface area (Å²) in [7, 11) is 1.60. The lowest BCUT2D eigenvalue weighted by molar-refractivity contribution is -0.139. The van der Waals surface area contributed by atoms with Crippen molar-refractivity contribution in [3.8, 4) is 0 Å². The Balaban J connectivity index is 3.36. The molecule has 3 N–H and O–H groups in total. The first-order valence-electron chi connectivity index (χ1n) is 4.19. The van der Waals surface area contributed by atoms with Gasteiger partial charge in [0, 0.05) is 20.2 Å². The van der Waals surface area contributed by atoms with Crippen molar-refractivity contribution in [1.82, 2.24) is 5.32 Å². The Labute approximate surface area is 77.7 Å². The molecule has 5 nitrogen and oxygen atoms in total. The van der Waals surface area contributed by atoms with E-state index >= 15 is 0 Å². The van der Waals surface area contributed by atoms with E-state index in [9.17, 15) is 4.79 Å². The Morgan fingerprint density at radius 3 is 2.62 bits per heavy atom. The van der Waals surface area contributed by atoms with Crippen LogP contribution in [-0.2, 0) is 9.53 Å². The van der Waals surface area contributed by atoms with E-state index in [0.29, 0.717) is 6.54 Å². The van der Waals surface area contributed by atoms with Crippen LogP contribution < -0.4 is 5.32 Å². The van der Waals surface area contributed by atoms with Crippen molar-refractivity contribution in [3.05, 3.63) is 0 Å². The van der Waals surface area contributed by atoms with Gasteiger partial charge in [0.2, 0.25) is 0 Å². The smallest absolute Gasteiger partial charge is 0.306 e. The van der Waals surface area contributed by atoms with Crippen LogP contribution in [0.3, 0.4) is 0 Å². The minimum Gasteiger partial charge on any atom is -0.481 e. The van der Waals surface area contributed by atoms with Gasteiger partial charge in [0.05, 0.1) is 18.6 Å². The number of aliphatic hydroxyl groups is 1. The molecular weight excluding hydrogens is 174 g/mol. The van der Waals surface area contributed by atoms with Crippen molar-refractivity contribution in [2.24, 2.45) is 0 Å². The highest BCUT2D eigenvalue weighted by Gasteiger charge is 2.09. The maximum absolute atomic E-state index is 10.2. The van der Waals surface area contributed by atoms with Crippen molar-refractivity contribution in [2.75, 3.05) is 20.2 Å². The first-order chi connectivity index (χ1) is 6.06. The van der Waals surface area contributed by atoms with E-state index in [0.717, 1.165) is 0 Å². The number of rotatable bonds is 7. The highest BCUT2D eigenvalue weighted by atomic mass is 16.5. The predicted octanol–water partition coefficient (Wildman–Crippen LogP) is -0.553. The Morgan fingerprint density at radius 2 is 2.15 bits per heavy atom. The average molecular weight is 191 g/mol. The molecule has 2 atom stereocenters. The Hall–Kier alpha value is -0.650. The molecule has 5 heteroatoms. The van der Waals surface area contributed by atoms with E-state index < -0.39 is 12.1 Å². The van der Waals surface area contributed by atoms with E-state index in [4.69, 9.17) is 14.9 Å². The summed E-state index contributed by atoms with van der Waals surface area (Å²) in [6, 6.07) is 0. The molecule has 0 aliphatic rings. The molecule has 0 heterocycles. The van der Waals surface area contributed by atoms with Crippen molar-refractivity contribution in [2.45, 2.75) is 25.6 Å². The van der Waals surface area contributed by atoms with Crippen LogP contribution in [0.25, 0.3) is 0 Å². The fraction of sp³-hybridized carbons (Fsp3) is 0.875. The third-order valence-corrected chi connectivity index (χ3v) is 1.62. The maximum Gasteiger partial charge on any atom is 0.306 e. The molecule has 0 aliphatic carbocycles. The number of carbonyl (C=O) groups is 1. The number of nitrogens with one attached hydrogen (secondary N) is 1. The van der Waals surface area contributed by atoms with Crippen LogP contribution in [0.4, 0.5) is 0 Å². The largest absolute Gasteiger partial charge is 0.481 e. The van der Waals surface area contributed by atoms with Gasteiger partial charge in [0.25, 0.3) is 0 Å². The molecule has 0 amide bonds. The standard InChI is InChI=1S/C8H17NO4/c1-6(13-2)4-9-5-7(10)3-8(11)12/h6-7,9-10H,3-5H2,1-2H3,(H,11,12). The summed E-state index contributed by atoms with van der Waals surface area (Å²) in [4.78, 5) is 10.2. The van der Waals surface area contributed by atoms with Crippen LogP contribution in [0.5, 0.6) is 0 Å². The summed E-state index contributed by atoms with van der Waals surface area (Å²) in [6.07, 6.45) is -0.993. The Bertz CT molecular complexity index is 151. The molecular formula is C8H17NO4. The lowest BCUT2D eigenvalue weighted by Crippen LogP contribution is -2.33. The van der Waals surface area contributed by atoms with Crippen molar-refractivity contribution < 1.29 is 19.7 Å². The molecule has 0 radical (unpaired) electrons. The van der Waals surface area contributed by atoms with Crippen molar-refractivity contribution in [1.29, 1.82) is 0 Å². The molecule has 0 fully saturated rings. The SMILES string of the molecule is COC(C)CNCC(O)CC(=O)O. The zero-order valence-corrected chi connectivity index (χ0v) is 7.99.